The summed E-state index contributed by atoms with van der Waals surface area (Å²) in [6.07, 6.45) is 1.51. The second-order valence-electron chi connectivity index (χ2n) is 5.58. The predicted molar refractivity (Wildman–Crippen MR) is 97.9 cm³/mol. The van der Waals surface area contributed by atoms with Crippen molar-refractivity contribution in [2.45, 2.75) is 20.4 Å². The summed E-state index contributed by atoms with van der Waals surface area (Å²) in [7, 11) is 0. The first-order valence-corrected chi connectivity index (χ1v) is 8.70. The lowest BCUT2D eigenvalue weighted by atomic mass is 10.1. The molecule has 0 aliphatic carbocycles. The topological polar surface area (TPSA) is 76.9 Å². The quantitative estimate of drug-likeness (QED) is 0.763. The molecule has 0 radical (unpaired) electrons. The van der Waals surface area contributed by atoms with Gasteiger partial charge in [0.2, 0.25) is 0 Å². The molecule has 25 heavy (non-hydrogen) atoms. The highest BCUT2D eigenvalue weighted by Gasteiger charge is 2.13. The van der Waals surface area contributed by atoms with Crippen molar-refractivity contribution < 1.29 is 4.79 Å². The molecule has 3 aromatic rings. The van der Waals surface area contributed by atoms with Crippen LogP contribution in [0.15, 0.2) is 47.5 Å². The van der Waals surface area contributed by atoms with Crippen LogP contribution in [0.1, 0.15) is 20.4 Å². The number of nitrogens with one attached hydrogen (secondary N) is 1. The number of carbonyl (C=O) groups is 1. The molecular formula is C18H18N4O2S. The Bertz CT molecular complexity index is 947. The molecule has 1 aromatic carbocycles. The normalized spacial score (nSPS) is 10.6. The molecule has 6 nitrogen and oxygen atoms in total. The minimum Gasteiger partial charge on any atom is -0.349 e. The number of rotatable bonds is 5. The zero-order chi connectivity index (χ0) is 17.8. The van der Waals surface area contributed by atoms with Crippen LogP contribution in [-0.2, 0) is 6.54 Å². The van der Waals surface area contributed by atoms with Crippen molar-refractivity contribution in [2.75, 3.05) is 6.54 Å². The van der Waals surface area contributed by atoms with Gasteiger partial charge in [-0.25, -0.2) is 9.97 Å². The molecule has 0 saturated carbocycles. The van der Waals surface area contributed by atoms with Gasteiger partial charge in [-0.1, -0.05) is 30.3 Å². The van der Waals surface area contributed by atoms with Gasteiger partial charge >= 0.3 is 0 Å². The van der Waals surface area contributed by atoms with Gasteiger partial charge in [-0.2, -0.15) is 0 Å². The number of aromatic nitrogens is 3. The molecule has 0 spiro atoms. The Hall–Kier alpha value is -2.80. The first-order chi connectivity index (χ1) is 12.0. The van der Waals surface area contributed by atoms with Gasteiger partial charge in [0.15, 0.2) is 0 Å². The Balaban J connectivity index is 1.63. The van der Waals surface area contributed by atoms with Crippen LogP contribution in [-0.4, -0.2) is 27.0 Å². The lowest BCUT2D eigenvalue weighted by Crippen LogP contribution is -2.30. The monoisotopic (exact) mass is 354 g/mol. The minimum atomic E-state index is -0.162. The highest BCUT2D eigenvalue weighted by Crippen LogP contribution is 2.16. The maximum absolute atomic E-state index is 12.2. The van der Waals surface area contributed by atoms with Gasteiger partial charge in [-0.05, 0) is 13.8 Å². The molecule has 0 saturated heterocycles. The van der Waals surface area contributed by atoms with Crippen molar-refractivity contribution in [2.24, 2.45) is 0 Å². The number of hydrogen-bond donors (Lipinski definition) is 1. The summed E-state index contributed by atoms with van der Waals surface area (Å²) in [5.41, 5.74) is 2.12. The van der Waals surface area contributed by atoms with Crippen LogP contribution in [0, 0.1) is 13.8 Å². The fraction of sp³-hybridized carbons (Fsp3) is 0.222. The average molecular weight is 354 g/mol. The summed E-state index contributed by atoms with van der Waals surface area (Å²) in [4.78, 5) is 33.6. The second kappa shape index (κ2) is 7.40. The van der Waals surface area contributed by atoms with Gasteiger partial charge < -0.3 is 5.32 Å². The number of amides is 1. The van der Waals surface area contributed by atoms with Crippen LogP contribution in [0.25, 0.3) is 11.3 Å². The van der Waals surface area contributed by atoms with Gasteiger partial charge in [0.05, 0.1) is 22.7 Å². The van der Waals surface area contributed by atoms with Crippen LogP contribution in [0.4, 0.5) is 0 Å². The summed E-state index contributed by atoms with van der Waals surface area (Å²) < 4.78 is 1.48. The first-order valence-electron chi connectivity index (χ1n) is 7.89. The summed E-state index contributed by atoms with van der Waals surface area (Å²) in [6, 6.07) is 11.0. The van der Waals surface area contributed by atoms with Crippen molar-refractivity contribution in [3.63, 3.8) is 0 Å². The Morgan fingerprint density at radius 3 is 2.64 bits per heavy atom. The third-order valence-corrected chi connectivity index (χ3v) is 4.77. The fourth-order valence-corrected chi connectivity index (χ4v) is 3.31. The Labute approximate surface area is 149 Å². The molecule has 2 aromatic heterocycles. The molecule has 1 amide bonds. The number of nitrogens with zero attached hydrogens (tertiary/aromatic N) is 3. The third kappa shape index (κ3) is 4.00. The molecule has 0 atom stereocenters. The van der Waals surface area contributed by atoms with E-state index in [1.165, 1.54) is 28.3 Å². The summed E-state index contributed by atoms with van der Waals surface area (Å²) in [5.74, 6) is -0.162. The van der Waals surface area contributed by atoms with E-state index in [0.29, 0.717) is 23.7 Å². The molecule has 0 aliphatic heterocycles. The molecule has 7 heteroatoms. The minimum absolute atomic E-state index is 0.145. The average Bonchev–Trinajstić information content (AvgIpc) is 2.95. The van der Waals surface area contributed by atoms with E-state index < -0.39 is 0 Å². The Kier molecular flexibility index (Phi) is 5.04. The molecular weight excluding hydrogens is 336 g/mol. The van der Waals surface area contributed by atoms with E-state index in [9.17, 15) is 9.59 Å². The standard InChI is InChI=1S/C18H18N4O2S/c1-12-17(25-13(2)21-12)18(24)19-8-9-22-11-20-15(10-16(22)23)14-6-4-3-5-7-14/h3-7,10-11H,8-9H2,1-2H3,(H,19,24). The summed E-state index contributed by atoms with van der Waals surface area (Å²) >= 11 is 1.37. The van der Waals surface area contributed by atoms with Crippen LogP contribution in [0.3, 0.4) is 0 Å². The van der Waals surface area contributed by atoms with Gasteiger partial charge in [-0.15, -0.1) is 11.3 Å². The van der Waals surface area contributed by atoms with Crippen molar-refractivity contribution in [3.05, 3.63) is 68.7 Å². The largest absolute Gasteiger partial charge is 0.349 e. The van der Waals surface area contributed by atoms with Crippen molar-refractivity contribution in [3.8, 4) is 11.3 Å². The molecule has 128 valence electrons. The molecule has 0 aliphatic rings. The number of aryl methyl sites for hydroxylation is 2. The number of thiazole rings is 1. The maximum atomic E-state index is 12.2. The van der Waals surface area contributed by atoms with Crippen LogP contribution >= 0.6 is 11.3 Å². The first kappa shape index (κ1) is 17.0. The van der Waals surface area contributed by atoms with Crippen LogP contribution in [0.5, 0.6) is 0 Å². The third-order valence-electron chi connectivity index (χ3n) is 3.70. The van der Waals surface area contributed by atoms with Crippen molar-refractivity contribution in [1.82, 2.24) is 19.9 Å². The predicted octanol–water partition coefficient (Wildman–Crippen LogP) is 2.41. The number of benzene rings is 1. The lowest BCUT2D eigenvalue weighted by Gasteiger charge is -2.08. The van der Waals surface area contributed by atoms with Crippen molar-refractivity contribution in [1.29, 1.82) is 0 Å². The van der Waals surface area contributed by atoms with Crippen molar-refractivity contribution >= 4 is 17.2 Å². The SMILES string of the molecule is Cc1nc(C)c(C(=O)NCCn2cnc(-c3ccccc3)cc2=O)s1. The highest BCUT2D eigenvalue weighted by molar-refractivity contribution is 7.13. The molecule has 1 N–H and O–H groups in total. The van der Waals surface area contributed by atoms with E-state index in [1.807, 2.05) is 44.2 Å². The Morgan fingerprint density at radius 2 is 2.00 bits per heavy atom. The molecule has 2 heterocycles. The maximum Gasteiger partial charge on any atom is 0.263 e. The highest BCUT2D eigenvalue weighted by atomic mass is 32.1. The zero-order valence-corrected chi connectivity index (χ0v) is 14.8. The van der Waals surface area contributed by atoms with Gasteiger partial charge in [0.1, 0.15) is 4.88 Å². The number of hydrogen-bond acceptors (Lipinski definition) is 5. The summed E-state index contributed by atoms with van der Waals surface area (Å²) in [6.45, 7) is 4.40. The van der Waals surface area contributed by atoms with E-state index in [1.54, 1.807) is 0 Å². The van der Waals surface area contributed by atoms with Gasteiger partial charge in [0.25, 0.3) is 11.5 Å². The fourth-order valence-electron chi connectivity index (χ4n) is 2.47. The van der Waals surface area contributed by atoms with E-state index >= 15 is 0 Å². The molecule has 0 fully saturated rings. The van der Waals surface area contributed by atoms with E-state index in [4.69, 9.17) is 0 Å². The molecule has 3 rings (SSSR count). The second-order valence-corrected chi connectivity index (χ2v) is 6.78. The smallest absolute Gasteiger partial charge is 0.263 e. The Morgan fingerprint density at radius 1 is 1.24 bits per heavy atom. The molecule has 0 unspecified atom stereocenters. The zero-order valence-electron chi connectivity index (χ0n) is 14.0. The lowest BCUT2D eigenvalue weighted by molar-refractivity contribution is 0.0955. The van der Waals surface area contributed by atoms with E-state index in [-0.39, 0.29) is 11.5 Å². The van der Waals surface area contributed by atoms with E-state index in [0.717, 1.165) is 16.3 Å². The van der Waals surface area contributed by atoms with Gasteiger partial charge in [0, 0.05) is 24.7 Å². The van der Waals surface area contributed by atoms with E-state index in [2.05, 4.69) is 15.3 Å². The van der Waals surface area contributed by atoms with Crippen LogP contribution in [0.2, 0.25) is 0 Å². The summed E-state index contributed by atoms with van der Waals surface area (Å²) in [5, 5.41) is 3.68. The van der Waals surface area contributed by atoms with Gasteiger partial charge in [-0.3, -0.25) is 14.2 Å². The number of carbonyl (C=O) groups excluding carboxylic acids is 1. The molecule has 0 bridgehead atoms. The van der Waals surface area contributed by atoms with Crippen LogP contribution < -0.4 is 10.9 Å².